The Balaban J connectivity index is 2.74. The zero-order valence-electron chi connectivity index (χ0n) is 12.1. The van der Waals surface area contributed by atoms with Gasteiger partial charge in [-0.15, -0.1) is 10.2 Å². The second-order valence-electron chi connectivity index (χ2n) is 5.10. The molecule has 1 heterocycles. The molecule has 0 aromatic carbocycles. The molecule has 0 aliphatic rings. The Morgan fingerprint density at radius 2 is 1.83 bits per heavy atom. The molecule has 0 saturated heterocycles. The molecular weight excluding hydrogens is 224 g/mol. The van der Waals surface area contributed by atoms with Crippen LogP contribution >= 0.6 is 0 Å². The number of hydrogen-bond acceptors (Lipinski definition) is 3. The number of allylic oxidation sites excluding steroid dienone is 1. The van der Waals surface area contributed by atoms with Gasteiger partial charge in [0.15, 0.2) is 11.6 Å². The van der Waals surface area contributed by atoms with Crippen LogP contribution in [0.4, 0.5) is 0 Å². The lowest BCUT2D eigenvalue weighted by atomic mass is 10.1. The van der Waals surface area contributed by atoms with Gasteiger partial charge in [-0.2, -0.15) is 0 Å². The van der Waals surface area contributed by atoms with Gasteiger partial charge in [0, 0.05) is 5.92 Å². The van der Waals surface area contributed by atoms with Crippen molar-refractivity contribution in [1.82, 2.24) is 14.9 Å². The summed E-state index contributed by atoms with van der Waals surface area (Å²) in [6, 6.07) is 0. The topological polar surface area (TPSA) is 56.7 Å². The summed E-state index contributed by atoms with van der Waals surface area (Å²) >= 11 is 0. The van der Waals surface area contributed by atoms with E-state index in [0.29, 0.717) is 11.8 Å². The molecule has 2 atom stereocenters. The summed E-state index contributed by atoms with van der Waals surface area (Å²) in [5.74, 6) is 8.58. The number of nitrogens with zero attached hydrogens (tertiary/aromatic N) is 3. The van der Waals surface area contributed by atoms with E-state index in [1.807, 2.05) is 6.08 Å². The normalized spacial score (nSPS) is 15.1. The Morgan fingerprint density at radius 1 is 1.17 bits per heavy atom. The van der Waals surface area contributed by atoms with E-state index in [1.54, 1.807) is 4.68 Å². The van der Waals surface area contributed by atoms with Crippen LogP contribution in [0.3, 0.4) is 0 Å². The summed E-state index contributed by atoms with van der Waals surface area (Å²) < 4.78 is 1.62. The lowest BCUT2D eigenvalue weighted by Crippen LogP contribution is -2.16. The molecule has 4 nitrogen and oxygen atoms in total. The van der Waals surface area contributed by atoms with Crippen molar-refractivity contribution < 1.29 is 0 Å². The number of hydrogen-bond donors (Lipinski definition) is 1. The Hall–Kier alpha value is -1.32. The van der Waals surface area contributed by atoms with Gasteiger partial charge in [0.2, 0.25) is 0 Å². The van der Waals surface area contributed by atoms with Crippen LogP contribution in [0.1, 0.15) is 70.9 Å². The van der Waals surface area contributed by atoms with Crippen molar-refractivity contribution in [2.75, 3.05) is 5.84 Å². The minimum Gasteiger partial charge on any atom is -0.336 e. The quantitative estimate of drug-likeness (QED) is 0.755. The average molecular weight is 250 g/mol. The third-order valence-electron chi connectivity index (χ3n) is 3.23. The van der Waals surface area contributed by atoms with Gasteiger partial charge in [-0.25, -0.2) is 4.68 Å². The van der Waals surface area contributed by atoms with Gasteiger partial charge in [0.25, 0.3) is 0 Å². The van der Waals surface area contributed by atoms with Gasteiger partial charge < -0.3 is 5.84 Å². The van der Waals surface area contributed by atoms with Gasteiger partial charge in [-0.1, -0.05) is 46.6 Å². The third kappa shape index (κ3) is 3.86. The van der Waals surface area contributed by atoms with Crippen molar-refractivity contribution in [3.05, 3.63) is 17.7 Å². The molecule has 0 saturated carbocycles. The van der Waals surface area contributed by atoms with E-state index in [4.69, 9.17) is 5.84 Å². The molecular formula is C14H26N4. The molecule has 1 aromatic rings. The van der Waals surface area contributed by atoms with Gasteiger partial charge in [0.05, 0.1) is 0 Å². The van der Waals surface area contributed by atoms with Gasteiger partial charge >= 0.3 is 0 Å². The molecule has 102 valence electrons. The summed E-state index contributed by atoms with van der Waals surface area (Å²) in [6.07, 6.45) is 8.74. The van der Waals surface area contributed by atoms with Gasteiger partial charge in [0.1, 0.15) is 0 Å². The standard InChI is InChI=1S/C14H26N4/c1-5-7-11(3)9-10-13-16-17-14(18(13)15)12(4)8-6-2/h9-12H,5-8,15H2,1-4H3/b10-9-. The summed E-state index contributed by atoms with van der Waals surface area (Å²) in [7, 11) is 0. The number of nitrogen functional groups attached to an aromatic ring is 1. The SMILES string of the molecule is CCCC(C)/C=C\c1nnc(C(C)CCC)n1N. The molecule has 18 heavy (non-hydrogen) atoms. The van der Waals surface area contributed by atoms with Crippen LogP contribution in [-0.4, -0.2) is 14.9 Å². The Bertz CT molecular complexity index is 381. The van der Waals surface area contributed by atoms with Gasteiger partial charge in [-0.05, 0) is 24.8 Å². The van der Waals surface area contributed by atoms with Crippen molar-refractivity contribution in [3.8, 4) is 0 Å². The van der Waals surface area contributed by atoms with Crippen molar-refractivity contribution in [2.45, 2.75) is 59.3 Å². The van der Waals surface area contributed by atoms with Gasteiger partial charge in [-0.3, -0.25) is 0 Å². The molecule has 1 rings (SSSR count). The predicted octanol–water partition coefficient (Wildman–Crippen LogP) is 3.34. The first-order valence-electron chi connectivity index (χ1n) is 6.98. The Morgan fingerprint density at radius 3 is 2.44 bits per heavy atom. The van der Waals surface area contributed by atoms with E-state index in [-0.39, 0.29) is 0 Å². The fourth-order valence-electron chi connectivity index (χ4n) is 2.13. The maximum atomic E-state index is 6.04. The lowest BCUT2D eigenvalue weighted by molar-refractivity contribution is 0.608. The fourth-order valence-corrected chi connectivity index (χ4v) is 2.13. The minimum atomic E-state index is 0.364. The number of aromatic nitrogens is 3. The minimum absolute atomic E-state index is 0.364. The lowest BCUT2D eigenvalue weighted by Gasteiger charge is -2.08. The van der Waals surface area contributed by atoms with E-state index < -0.39 is 0 Å². The van der Waals surface area contributed by atoms with Crippen LogP contribution in [0.5, 0.6) is 0 Å². The smallest absolute Gasteiger partial charge is 0.174 e. The van der Waals surface area contributed by atoms with E-state index in [1.165, 1.54) is 12.8 Å². The molecule has 0 radical (unpaired) electrons. The van der Waals surface area contributed by atoms with Crippen molar-refractivity contribution in [2.24, 2.45) is 5.92 Å². The maximum absolute atomic E-state index is 6.04. The first-order chi connectivity index (χ1) is 8.60. The first-order valence-corrected chi connectivity index (χ1v) is 6.98. The average Bonchev–Trinajstić information content (AvgIpc) is 2.69. The van der Waals surface area contributed by atoms with Crippen molar-refractivity contribution >= 4 is 6.08 Å². The van der Waals surface area contributed by atoms with Crippen LogP contribution in [0, 0.1) is 5.92 Å². The predicted molar refractivity (Wildman–Crippen MR) is 76.6 cm³/mol. The highest BCUT2D eigenvalue weighted by Gasteiger charge is 2.14. The molecule has 2 N–H and O–H groups in total. The second kappa shape index (κ2) is 7.19. The monoisotopic (exact) mass is 250 g/mol. The molecule has 0 fully saturated rings. The van der Waals surface area contributed by atoms with Crippen LogP contribution in [0.2, 0.25) is 0 Å². The third-order valence-corrected chi connectivity index (χ3v) is 3.23. The van der Waals surface area contributed by atoms with Crippen molar-refractivity contribution in [3.63, 3.8) is 0 Å². The summed E-state index contributed by atoms with van der Waals surface area (Å²) in [5, 5.41) is 8.35. The molecule has 1 aromatic heterocycles. The molecule has 0 amide bonds. The first kappa shape index (κ1) is 14.7. The Kier molecular flexibility index (Phi) is 5.89. The summed E-state index contributed by atoms with van der Waals surface area (Å²) in [6.45, 7) is 8.71. The maximum Gasteiger partial charge on any atom is 0.174 e. The molecule has 4 heteroatoms. The zero-order valence-corrected chi connectivity index (χ0v) is 12.1. The summed E-state index contributed by atoms with van der Waals surface area (Å²) in [4.78, 5) is 0. The van der Waals surface area contributed by atoms with Crippen LogP contribution in [0.15, 0.2) is 6.08 Å². The van der Waals surface area contributed by atoms with E-state index >= 15 is 0 Å². The highest BCUT2D eigenvalue weighted by atomic mass is 15.4. The zero-order chi connectivity index (χ0) is 13.5. The number of nitrogens with two attached hydrogens (primary N) is 1. The summed E-state index contributed by atoms with van der Waals surface area (Å²) in [5.41, 5.74) is 0. The fraction of sp³-hybridized carbons (Fsp3) is 0.714. The van der Waals surface area contributed by atoms with Crippen molar-refractivity contribution in [1.29, 1.82) is 0 Å². The van der Waals surface area contributed by atoms with Crippen LogP contribution < -0.4 is 5.84 Å². The van der Waals surface area contributed by atoms with Crippen LogP contribution in [0.25, 0.3) is 6.08 Å². The van der Waals surface area contributed by atoms with E-state index in [2.05, 4.69) is 44.0 Å². The highest BCUT2D eigenvalue weighted by Crippen LogP contribution is 2.18. The second-order valence-corrected chi connectivity index (χ2v) is 5.10. The molecule has 0 spiro atoms. The highest BCUT2D eigenvalue weighted by molar-refractivity contribution is 5.40. The van der Waals surface area contributed by atoms with Crippen LogP contribution in [-0.2, 0) is 0 Å². The molecule has 0 aliphatic carbocycles. The molecule has 0 bridgehead atoms. The Labute approximate surface area is 110 Å². The van der Waals surface area contributed by atoms with E-state index in [0.717, 1.165) is 24.5 Å². The number of rotatable bonds is 7. The van der Waals surface area contributed by atoms with E-state index in [9.17, 15) is 0 Å². The largest absolute Gasteiger partial charge is 0.336 e. The molecule has 2 unspecified atom stereocenters. The molecule has 0 aliphatic heterocycles.